The molecule has 1 aromatic carbocycles. The van der Waals surface area contributed by atoms with Gasteiger partial charge < -0.3 is 19.7 Å². The number of alkyl halides is 3. The van der Waals surface area contributed by atoms with Crippen molar-refractivity contribution in [1.29, 1.82) is 0 Å². The summed E-state index contributed by atoms with van der Waals surface area (Å²) < 4.78 is 46.1. The minimum Gasteiger partial charge on any atom is -0.480 e. The van der Waals surface area contributed by atoms with Crippen LogP contribution < -0.4 is 10.1 Å². The van der Waals surface area contributed by atoms with E-state index in [4.69, 9.17) is 14.7 Å². The smallest absolute Gasteiger partial charge is 0.434 e. The number of hydrogen-bond donors (Lipinski definition) is 2. The average molecular weight is 538 g/mol. The maximum atomic E-state index is 13.1. The number of benzene rings is 1. The van der Waals surface area contributed by atoms with Crippen LogP contribution in [0.1, 0.15) is 59.5 Å². The van der Waals surface area contributed by atoms with Gasteiger partial charge in [0.05, 0.1) is 24.6 Å². The van der Waals surface area contributed by atoms with Crippen molar-refractivity contribution < 1.29 is 23.0 Å². The molecule has 0 saturated heterocycles. The lowest BCUT2D eigenvalue weighted by Gasteiger charge is -2.16. The third-order valence-corrected chi connectivity index (χ3v) is 7.08. The zero-order chi connectivity index (χ0) is 27.3. The van der Waals surface area contributed by atoms with Gasteiger partial charge in [0.2, 0.25) is 5.88 Å². The van der Waals surface area contributed by atoms with Crippen LogP contribution in [0.25, 0.3) is 22.8 Å². The lowest BCUT2D eigenvalue weighted by Crippen LogP contribution is -2.10. The van der Waals surface area contributed by atoms with Crippen LogP contribution in [-0.2, 0) is 26.2 Å². The normalized spacial score (nSPS) is 16.8. The average Bonchev–Trinajstić information content (AvgIpc) is 3.60. The zero-order valence-corrected chi connectivity index (χ0v) is 21.3. The highest BCUT2D eigenvalue weighted by molar-refractivity contribution is 5.68. The third kappa shape index (κ3) is 4.80. The first kappa shape index (κ1) is 25.2. The molecule has 3 aromatic heterocycles. The van der Waals surface area contributed by atoms with Crippen LogP contribution in [0.3, 0.4) is 0 Å². The molecule has 1 atom stereocenters. The van der Waals surface area contributed by atoms with Crippen molar-refractivity contribution in [2.75, 3.05) is 12.4 Å². The number of fused-ring (bicyclic) bond motifs is 1. The van der Waals surface area contributed by atoms with E-state index in [0.717, 1.165) is 35.9 Å². The van der Waals surface area contributed by atoms with E-state index in [1.165, 1.54) is 17.9 Å². The molecule has 2 aliphatic carbocycles. The van der Waals surface area contributed by atoms with E-state index < -0.39 is 18.0 Å². The molecule has 2 aliphatic rings. The number of halogens is 3. The predicted octanol–water partition coefficient (Wildman–Crippen LogP) is 4.83. The van der Waals surface area contributed by atoms with Crippen molar-refractivity contribution in [2.24, 2.45) is 7.05 Å². The molecular weight excluding hydrogens is 511 g/mol. The highest BCUT2D eigenvalue weighted by Gasteiger charge is 2.35. The first-order valence-electron chi connectivity index (χ1n) is 12.6. The zero-order valence-electron chi connectivity index (χ0n) is 21.3. The fraction of sp³-hybridized carbons (Fsp3) is 0.370. The maximum absolute atomic E-state index is 13.1. The Hall–Kier alpha value is -4.06. The van der Waals surface area contributed by atoms with Crippen molar-refractivity contribution in [3.05, 3.63) is 65.0 Å². The molecule has 1 fully saturated rings. The molecule has 4 aromatic rings. The number of aliphatic hydroxyl groups excluding tert-OH is 1. The van der Waals surface area contributed by atoms with E-state index in [2.05, 4.69) is 20.3 Å². The van der Waals surface area contributed by atoms with Gasteiger partial charge in [-0.1, -0.05) is 24.3 Å². The molecule has 2 N–H and O–H groups in total. The molecule has 0 radical (unpaired) electrons. The molecule has 1 unspecified atom stereocenters. The van der Waals surface area contributed by atoms with Crippen LogP contribution in [0.4, 0.5) is 19.0 Å². The molecule has 202 valence electrons. The maximum Gasteiger partial charge on any atom is 0.434 e. The van der Waals surface area contributed by atoms with Crippen LogP contribution in [0.5, 0.6) is 5.88 Å². The van der Waals surface area contributed by atoms with Gasteiger partial charge in [-0.3, -0.25) is 0 Å². The highest BCUT2D eigenvalue weighted by Crippen LogP contribution is 2.46. The second-order valence-corrected chi connectivity index (χ2v) is 9.84. The second-order valence-electron chi connectivity index (χ2n) is 9.84. The van der Waals surface area contributed by atoms with Crippen LogP contribution >= 0.6 is 0 Å². The predicted molar refractivity (Wildman–Crippen MR) is 136 cm³/mol. The van der Waals surface area contributed by atoms with E-state index in [9.17, 15) is 18.3 Å². The Morgan fingerprint density at radius 1 is 1.05 bits per heavy atom. The number of aromatic nitrogens is 6. The summed E-state index contributed by atoms with van der Waals surface area (Å²) in [5.74, 6) is 1.95. The SMILES string of the molecule is COc1ncnc(C2CC2)c1-c1nc(NCc2ccc(-c3nc(C(F)(F)F)cn3C)cc2)c2c(n1)C(O)CC2. The Morgan fingerprint density at radius 2 is 1.82 bits per heavy atom. The quantitative estimate of drug-likeness (QED) is 0.345. The Labute approximate surface area is 222 Å². The van der Waals surface area contributed by atoms with Crippen molar-refractivity contribution >= 4 is 5.82 Å². The van der Waals surface area contributed by atoms with E-state index in [0.29, 0.717) is 59.6 Å². The molecule has 0 amide bonds. The van der Waals surface area contributed by atoms with E-state index in [1.54, 1.807) is 19.2 Å². The van der Waals surface area contributed by atoms with Crippen LogP contribution in [-0.4, -0.2) is 41.7 Å². The lowest BCUT2D eigenvalue weighted by atomic mass is 10.1. The minimum absolute atomic E-state index is 0.236. The van der Waals surface area contributed by atoms with Gasteiger partial charge in [0.25, 0.3) is 0 Å². The minimum atomic E-state index is -4.50. The van der Waals surface area contributed by atoms with E-state index in [-0.39, 0.29) is 5.82 Å². The summed E-state index contributed by atoms with van der Waals surface area (Å²) in [7, 11) is 3.08. The number of hydrogen-bond acceptors (Lipinski definition) is 8. The number of ether oxygens (including phenoxy) is 1. The van der Waals surface area contributed by atoms with Gasteiger partial charge in [-0.05, 0) is 31.2 Å². The van der Waals surface area contributed by atoms with Gasteiger partial charge in [-0.25, -0.2) is 24.9 Å². The number of nitrogens with zero attached hydrogens (tertiary/aromatic N) is 6. The second kappa shape index (κ2) is 9.60. The monoisotopic (exact) mass is 537 g/mol. The van der Waals surface area contributed by atoms with E-state index in [1.807, 2.05) is 12.1 Å². The summed E-state index contributed by atoms with van der Waals surface area (Å²) in [6.45, 7) is 0.408. The molecule has 0 bridgehead atoms. The molecule has 39 heavy (non-hydrogen) atoms. The van der Waals surface area contributed by atoms with Gasteiger partial charge in [0.1, 0.15) is 23.5 Å². The number of methoxy groups -OCH3 is 1. The van der Waals surface area contributed by atoms with Crippen LogP contribution in [0.2, 0.25) is 0 Å². The first-order valence-corrected chi connectivity index (χ1v) is 12.6. The first-order chi connectivity index (χ1) is 18.7. The molecule has 6 rings (SSSR count). The largest absolute Gasteiger partial charge is 0.480 e. The third-order valence-electron chi connectivity index (χ3n) is 7.08. The van der Waals surface area contributed by atoms with Crippen LogP contribution in [0, 0.1) is 0 Å². The molecule has 1 saturated carbocycles. The number of anilines is 1. The van der Waals surface area contributed by atoms with Gasteiger partial charge in [-0.15, -0.1) is 0 Å². The lowest BCUT2D eigenvalue weighted by molar-refractivity contribution is -0.140. The molecule has 12 heteroatoms. The molecule has 9 nitrogen and oxygen atoms in total. The molecule has 0 spiro atoms. The Bertz CT molecular complexity index is 1530. The number of rotatable bonds is 7. The summed E-state index contributed by atoms with van der Waals surface area (Å²) in [6, 6.07) is 7.15. The van der Waals surface area contributed by atoms with Gasteiger partial charge in [0.15, 0.2) is 11.5 Å². The topological polar surface area (TPSA) is 111 Å². The Balaban J connectivity index is 1.29. The number of nitrogens with one attached hydrogen (secondary N) is 1. The summed E-state index contributed by atoms with van der Waals surface area (Å²) in [5.41, 5.74) is 3.49. The highest BCUT2D eigenvalue weighted by atomic mass is 19.4. The standard InChI is InChI=1S/C27H26F3N7O2/c1-37-12-19(27(28,29)30)34-25(37)16-5-3-14(4-6-16)11-31-23-17-9-10-18(38)22(17)35-24(36-23)20-21(15-7-8-15)32-13-33-26(20)39-2/h3-6,12-13,15,18,38H,7-11H2,1-2H3,(H,31,35,36). The van der Waals surface area contributed by atoms with Crippen molar-refractivity contribution in [3.63, 3.8) is 0 Å². The number of aryl methyl sites for hydroxylation is 1. The fourth-order valence-electron chi connectivity index (χ4n) is 4.94. The summed E-state index contributed by atoms with van der Waals surface area (Å²) in [6.07, 6.45) is 0.508. The van der Waals surface area contributed by atoms with Crippen molar-refractivity contribution in [3.8, 4) is 28.7 Å². The summed E-state index contributed by atoms with van der Waals surface area (Å²) in [5, 5.41) is 14.0. The number of imidazole rings is 1. The van der Waals surface area contributed by atoms with Crippen molar-refractivity contribution in [2.45, 2.75) is 50.4 Å². The van der Waals surface area contributed by atoms with Crippen LogP contribution in [0.15, 0.2) is 36.8 Å². The summed E-state index contributed by atoms with van der Waals surface area (Å²) >= 11 is 0. The molecular formula is C27H26F3N7O2. The molecule has 3 heterocycles. The fourth-order valence-corrected chi connectivity index (χ4v) is 4.94. The van der Waals surface area contributed by atoms with Gasteiger partial charge in [-0.2, -0.15) is 13.2 Å². The number of aliphatic hydroxyl groups is 1. The Morgan fingerprint density at radius 3 is 2.49 bits per heavy atom. The van der Waals surface area contributed by atoms with E-state index >= 15 is 0 Å². The Kier molecular flexibility index (Phi) is 6.21. The molecule has 0 aliphatic heterocycles. The van der Waals surface area contributed by atoms with Gasteiger partial charge in [0, 0.05) is 36.8 Å². The summed E-state index contributed by atoms with van der Waals surface area (Å²) in [4.78, 5) is 22.1. The van der Waals surface area contributed by atoms with Crippen molar-refractivity contribution in [1.82, 2.24) is 29.5 Å². The van der Waals surface area contributed by atoms with Gasteiger partial charge >= 0.3 is 6.18 Å².